The van der Waals surface area contributed by atoms with E-state index < -0.39 is 0 Å². The van der Waals surface area contributed by atoms with Crippen LogP contribution in [0.15, 0.2) is 58.3 Å². The van der Waals surface area contributed by atoms with Gasteiger partial charge in [0.1, 0.15) is 5.76 Å². The van der Waals surface area contributed by atoms with Gasteiger partial charge in [-0.3, -0.25) is 4.99 Å². The first-order valence-corrected chi connectivity index (χ1v) is 8.77. The van der Waals surface area contributed by atoms with Crippen LogP contribution in [0.25, 0.3) is 38.6 Å². The smallest absolute Gasteiger partial charge is 0.177 e. The second kappa shape index (κ2) is 6.99. The molecule has 0 bridgehead atoms. The number of benzene rings is 1. The van der Waals surface area contributed by atoms with Crippen LogP contribution in [0.5, 0.6) is 0 Å². The summed E-state index contributed by atoms with van der Waals surface area (Å²) in [6, 6.07) is 7.97. The molecule has 0 spiro atoms. The summed E-state index contributed by atoms with van der Waals surface area (Å²) in [4.78, 5) is 8.67. The van der Waals surface area contributed by atoms with Crippen LogP contribution in [-0.2, 0) is 0 Å². The molecule has 2 N–H and O–H groups in total. The number of allylic oxidation sites excluding steroid dienone is 2. The predicted molar refractivity (Wildman–Crippen MR) is 110 cm³/mol. The van der Waals surface area contributed by atoms with E-state index in [0.717, 1.165) is 39.4 Å². The van der Waals surface area contributed by atoms with E-state index in [2.05, 4.69) is 20.2 Å². The van der Waals surface area contributed by atoms with Gasteiger partial charge >= 0.3 is 0 Å². The van der Waals surface area contributed by atoms with E-state index in [4.69, 9.17) is 10.2 Å². The van der Waals surface area contributed by atoms with Crippen LogP contribution in [0, 0.1) is 0 Å². The van der Waals surface area contributed by atoms with Crippen molar-refractivity contribution in [2.24, 2.45) is 4.99 Å². The molecular weight excluding hydrogens is 338 g/mol. The van der Waals surface area contributed by atoms with Gasteiger partial charge in [-0.1, -0.05) is 24.3 Å². The molecule has 0 saturated heterocycles. The molecule has 0 saturated carbocycles. The second-order valence-corrected chi connectivity index (χ2v) is 6.08. The van der Waals surface area contributed by atoms with Crippen LogP contribution < -0.4 is 5.73 Å². The molecule has 0 aliphatic heterocycles. The Morgan fingerprint density at radius 3 is 2.85 bits per heavy atom. The Morgan fingerprint density at radius 2 is 2.04 bits per heavy atom. The Labute approximate surface area is 156 Å². The van der Waals surface area contributed by atoms with Crippen LogP contribution in [0.1, 0.15) is 19.4 Å². The summed E-state index contributed by atoms with van der Waals surface area (Å²) in [5.74, 6) is 1.08. The number of aliphatic imine (C=N–C) groups is 1. The number of nitrogens with two attached hydrogens (primary N) is 1. The highest BCUT2D eigenvalue weighted by Gasteiger charge is 2.16. The van der Waals surface area contributed by atoms with Crippen molar-refractivity contribution in [3.63, 3.8) is 0 Å². The standard InChI is InChI=1S/C21H19N5O/c1-3-13(9-23-4-2)17-11-24-21(22)20-16(17)8-19(27-20)15-7-5-6-14-10-25-26-12-18(14)15/h3,5-12H,4H2,1-2H3,(H2,22,24)/b13-3+,23-9?. The van der Waals surface area contributed by atoms with Gasteiger partial charge in [-0.15, -0.1) is 0 Å². The fourth-order valence-corrected chi connectivity index (χ4v) is 3.14. The van der Waals surface area contributed by atoms with Crippen molar-refractivity contribution in [1.82, 2.24) is 15.2 Å². The van der Waals surface area contributed by atoms with Crippen LogP contribution in [0.2, 0.25) is 0 Å². The Kier molecular flexibility index (Phi) is 4.38. The summed E-state index contributed by atoms with van der Waals surface area (Å²) < 4.78 is 6.13. The number of rotatable bonds is 4. The SMILES string of the molecule is C/C=C(\C=NCC)c1cnc(N)c2oc(-c3cccc4cnncc34)cc12. The molecule has 3 heterocycles. The van der Waals surface area contributed by atoms with Gasteiger partial charge in [-0.25, -0.2) is 4.98 Å². The summed E-state index contributed by atoms with van der Waals surface area (Å²) >= 11 is 0. The Hall–Kier alpha value is -3.54. The molecule has 0 unspecified atom stereocenters. The number of nitrogen functional groups attached to an aromatic ring is 1. The maximum absolute atomic E-state index is 6.13. The fourth-order valence-electron chi connectivity index (χ4n) is 3.14. The maximum atomic E-state index is 6.13. The fraction of sp³-hybridized carbons (Fsp3) is 0.143. The van der Waals surface area contributed by atoms with Crippen molar-refractivity contribution in [2.45, 2.75) is 13.8 Å². The molecular formula is C21H19N5O. The maximum Gasteiger partial charge on any atom is 0.177 e. The topological polar surface area (TPSA) is 90.2 Å². The van der Waals surface area contributed by atoms with Gasteiger partial charge in [0.2, 0.25) is 0 Å². The van der Waals surface area contributed by atoms with Crippen molar-refractivity contribution in [3.05, 3.63) is 54.5 Å². The third-order valence-electron chi connectivity index (χ3n) is 4.48. The molecule has 0 aliphatic carbocycles. The largest absolute Gasteiger partial charge is 0.452 e. The van der Waals surface area contributed by atoms with Gasteiger partial charge in [0.25, 0.3) is 0 Å². The molecule has 0 radical (unpaired) electrons. The lowest BCUT2D eigenvalue weighted by atomic mass is 10.0. The van der Waals surface area contributed by atoms with Gasteiger partial charge in [0.05, 0.1) is 12.4 Å². The van der Waals surface area contributed by atoms with Crippen LogP contribution in [0.4, 0.5) is 5.82 Å². The lowest BCUT2D eigenvalue weighted by molar-refractivity contribution is 0.632. The molecule has 3 aromatic heterocycles. The van der Waals surface area contributed by atoms with Crippen molar-refractivity contribution in [3.8, 4) is 11.3 Å². The molecule has 6 nitrogen and oxygen atoms in total. The number of hydrogen-bond acceptors (Lipinski definition) is 6. The Bertz CT molecular complexity index is 1180. The van der Waals surface area contributed by atoms with Gasteiger partial charge in [0, 0.05) is 46.2 Å². The molecule has 0 amide bonds. The minimum atomic E-state index is 0.364. The molecule has 134 valence electrons. The van der Waals surface area contributed by atoms with E-state index in [1.54, 1.807) is 18.6 Å². The van der Waals surface area contributed by atoms with Crippen LogP contribution in [0.3, 0.4) is 0 Å². The Balaban J connectivity index is 1.96. The number of anilines is 1. The highest BCUT2D eigenvalue weighted by molar-refractivity contribution is 6.15. The molecule has 0 aliphatic rings. The highest BCUT2D eigenvalue weighted by atomic mass is 16.3. The number of furan rings is 1. The first-order valence-electron chi connectivity index (χ1n) is 8.77. The van der Waals surface area contributed by atoms with E-state index in [9.17, 15) is 0 Å². The van der Waals surface area contributed by atoms with E-state index in [0.29, 0.717) is 17.2 Å². The third-order valence-corrected chi connectivity index (χ3v) is 4.48. The summed E-state index contributed by atoms with van der Waals surface area (Å²) in [7, 11) is 0. The predicted octanol–water partition coefficient (Wildman–Crippen LogP) is 4.51. The van der Waals surface area contributed by atoms with E-state index in [-0.39, 0.29) is 0 Å². The summed E-state index contributed by atoms with van der Waals surface area (Å²) in [5.41, 5.74) is 9.52. The number of pyridine rings is 1. The summed E-state index contributed by atoms with van der Waals surface area (Å²) in [5, 5.41) is 10.8. The first-order chi connectivity index (χ1) is 13.2. The summed E-state index contributed by atoms with van der Waals surface area (Å²) in [6.45, 7) is 4.69. The normalized spacial score (nSPS) is 12.4. The van der Waals surface area contributed by atoms with Crippen molar-refractivity contribution in [2.75, 3.05) is 12.3 Å². The van der Waals surface area contributed by atoms with Gasteiger partial charge < -0.3 is 10.2 Å². The van der Waals surface area contributed by atoms with Crippen LogP contribution in [-0.4, -0.2) is 27.9 Å². The average molecular weight is 357 g/mol. The van der Waals surface area contributed by atoms with Crippen molar-refractivity contribution in [1.29, 1.82) is 0 Å². The molecule has 27 heavy (non-hydrogen) atoms. The molecule has 1 aromatic carbocycles. The van der Waals surface area contributed by atoms with Crippen LogP contribution >= 0.6 is 0 Å². The van der Waals surface area contributed by atoms with Crippen molar-refractivity contribution >= 4 is 39.3 Å². The first kappa shape index (κ1) is 16.9. The highest BCUT2D eigenvalue weighted by Crippen LogP contribution is 2.36. The second-order valence-electron chi connectivity index (χ2n) is 6.08. The lowest BCUT2D eigenvalue weighted by Gasteiger charge is -2.03. The summed E-state index contributed by atoms with van der Waals surface area (Å²) in [6.07, 6.45) is 9.11. The van der Waals surface area contributed by atoms with Gasteiger partial charge in [-0.05, 0) is 25.5 Å². The van der Waals surface area contributed by atoms with Gasteiger partial charge in [0.15, 0.2) is 11.4 Å². The minimum Gasteiger partial charge on any atom is -0.452 e. The van der Waals surface area contributed by atoms with E-state index >= 15 is 0 Å². The lowest BCUT2D eigenvalue weighted by Crippen LogP contribution is -1.94. The quantitative estimate of drug-likeness (QED) is 0.543. The number of fused-ring (bicyclic) bond motifs is 2. The number of nitrogens with zero attached hydrogens (tertiary/aromatic N) is 4. The van der Waals surface area contributed by atoms with E-state index in [1.165, 1.54) is 0 Å². The third kappa shape index (κ3) is 2.95. The van der Waals surface area contributed by atoms with E-state index in [1.807, 2.05) is 50.4 Å². The molecule has 0 atom stereocenters. The monoisotopic (exact) mass is 357 g/mol. The number of hydrogen-bond donors (Lipinski definition) is 1. The van der Waals surface area contributed by atoms with Crippen molar-refractivity contribution < 1.29 is 4.42 Å². The zero-order valence-corrected chi connectivity index (χ0v) is 15.2. The molecule has 4 aromatic rings. The molecule has 0 fully saturated rings. The average Bonchev–Trinajstić information content (AvgIpc) is 3.15. The Morgan fingerprint density at radius 1 is 1.19 bits per heavy atom. The zero-order chi connectivity index (χ0) is 18.8. The van der Waals surface area contributed by atoms with Gasteiger partial charge in [-0.2, -0.15) is 10.2 Å². The number of aromatic nitrogens is 3. The minimum absolute atomic E-state index is 0.364. The molecule has 6 heteroatoms. The molecule has 4 rings (SSSR count). The zero-order valence-electron chi connectivity index (χ0n) is 15.2.